The van der Waals surface area contributed by atoms with Crippen LogP contribution in [0.15, 0.2) is 0 Å². The minimum Gasteiger partial charge on any atom is -0.311 e. The Morgan fingerprint density at radius 2 is 1.71 bits per heavy atom. The summed E-state index contributed by atoms with van der Waals surface area (Å²) in [5.74, 6) is 0. The molecule has 2 spiro atoms. The predicted molar refractivity (Wildman–Crippen MR) is 70.1 cm³/mol. The fourth-order valence-corrected chi connectivity index (χ4v) is 4.62. The maximum absolute atomic E-state index is 3.88. The van der Waals surface area contributed by atoms with E-state index in [0.29, 0.717) is 5.54 Å². The van der Waals surface area contributed by atoms with Gasteiger partial charge < -0.3 is 5.32 Å². The van der Waals surface area contributed by atoms with Crippen molar-refractivity contribution in [1.29, 1.82) is 0 Å². The number of nitrogens with zero attached hydrogens (tertiary/aromatic N) is 1. The maximum atomic E-state index is 3.88. The van der Waals surface area contributed by atoms with Gasteiger partial charge in [0.05, 0.1) is 0 Å². The van der Waals surface area contributed by atoms with Crippen LogP contribution in [0.1, 0.15) is 57.8 Å². The molecule has 0 radical (unpaired) electrons. The number of rotatable bonds is 1. The molecule has 2 nitrogen and oxygen atoms in total. The van der Waals surface area contributed by atoms with Crippen LogP contribution in [0.5, 0.6) is 0 Å². The molecule has 4 aliphatic rings. The topological polar surface area (TPSA) is 15.3 Å². The second kappa shape index (κ2) is 3.71. The van der Waals surface area contributed by atoms with E-state index in [2.05, 4.69) is 10.2 Å². The molecule has 2 heteroatoms. The Morgan fingerprint density at radius 1 is 0.941 bits per heavy atom. The van der Waals surface area contributed by atoms with E-state index in [9.17, 15) is 0 Å². The fourth-order valence-electron chi connectivity index (χ4n) is 4.62. The lowest BCUT2D eigenvalue weighted by Crippen LogP contribution is -2.61. The second-order valence-corrected chi connectivity index (χ2v) is 7.32. The number of likely N-dealkylation sites (tertiary alicyclic amines) is 1. The first-order chi connectivity index (χ1) is 8.29. The van der Waals surface area contributed by atoms with Crippen LogP contribution in [-0.4, -0.2) is 36.1 Å². The molecule has 2 aliphatic heterocycles. The zero-order valence-corrected chi connectivity index (χ0v) is 11.0. The van der Waals surface area contributed by atoms with Crippen LogP contribution in [0.25, 0.3) is 0 Å². The smallest absolute Gasteiger partial charge is 0.0196 e. The van der Waals surface area contributed by atoms with Crippen molar-refractivity contribution in [3.8, 4) is 0 Å². The third kappa shape index (κ3) is 1.84. The van der Waals surface area contributed by atoms with Crippen LogP contribution in [0.2, 0.25) is 0 Å². The lowest BCUT2D eigenvalue weighted by molar-refractivity contribution is -0.00364. The highest BCUT2D eigenvalue weighted by Crippen LogP contribution is 2.54. The molecular weight excluding hydrogens is 208 g/mol. The summed E-state index contributed by atoms with van der Waals surface area (Å²) < 4.78 is 0. The van der Waals surface area contributed by atoms with Gasteiger partial charge in [0, 0.05) is 24.7 Å². The summed E-state index contributed by atoms with van der Waals surface area (Å²) in [6, 6.07) is 0.917. The molecule has 0 aromatic heterocycles. The van der Waals surface area contributed by atoms with E-state index in [1.54, 1.807) is 0 Å². The first kappa shape index (κ1) is 10.8. The molecule has 2 saturated carbocycles. The zero-order chi connectivity index (χ0) is 11.3. The van der Waals surface area contributed by atoms with Crippen molar-refractivity contribution in [2.24, 2.45) is 5.41 Å². The molecule has 0 bridgehead atoms. The second-order valence-electron chi connectivity index (χ2n) is 7.32. The van der Waals surface area contributed by atoms with Crippen LogP contribution >= 0.6 is 0 Å². The van der Waals surface area contributed by atoms with Crippen LogP contribution < -0.4 is 5.32 Å². The zero-order valence-electron chi connectivity index (χ0n) is 11.0. The molecule has 4 rings (SSSR count). The van der Waals surface area contributed by atoms with Crippen molar-refractivity contribution in [3.63, 3.8) is 0 Å². The minimum atomic E-state index is 0.549. The van der Waals surface area contributed by atoms with E-state index < -0.39 is 0 Å². The average molecular weight is 234 g/mol. The van der Waals surface area contributed by atoms with Crippen LogP contribution in [0, 0.1) is 5.41 Å². The number of hydrogen-bond donors (Lipinski definition) is 1. The highest BCUT2D eigenvalue weighted by atomic mass is 15.3. The quantitative estimate of drug-likeness (QED) is 0.750. The molecule has 1 N–H and O–H groups in total. The van der Waals surface area contributed by atoms with E-state index in [-0.39, 0.29) is 0 Å². The Kier molecular flexibility index (Phi) is 2.36. The van der Waals surface area contributed by atoms with Gasteiger partial charge in [0.1, 0.15) is 0 Å². The van der Waals surface area contributed by atoms with Crippen molar-refractivity contribution in [1.82, 2.24) is 10.2 Å². The van der Waals surface area contributed by atoms with Crippen LogP contribution in [-0.2, 0) is 0 Å². The largest absolute Gasteiger partial charge is 0.311 e. The van der Waals surface area contributed by atoms with Crippen molar-refractivity contribution in [3.05, 3.63) is 0 Å². The average Bonchev–Trinajstić information content (AvgIpc) is 3.08. The number of piperidine rings is 1. The monoisotopic (exact) mass is 234 g/mol. The van der Waals surface area contributed by atoms with Gasteiger partial charge in [-0.2, -0.15) is 0 Å². The van der Waals surface area contributed by atoms with Gasteiger partial charge in [-0.05, 0) is 50.5 Å². The van der Waals surface area contributed by atoms with Crippen molar-refractivity contribution >= 4 is 0 Å². The van der Waals surface area contributed by atoms with Crippen LogP contribution in [0.3, 0.4) is 0 Å². The SMILES string of the molecule is C1CCC2(CC1)CC(N1CC3(CC3)C1)CCN2. The molecule has 4 fully saturated rings. The Bertz CT molecular complexity index is 289. The molecule has 17 heavy (non-hydrogen) atoms. The molecule has 0 aromatic rings. The summed E-state index contributed by atoms with van der Waals surface area (Å²) in [5, 5.41) is 3.88. The summed E-state index contributed by atoms with van der Waals surface area (Å²) in [7, 11) is 0. The predicted octanol–water partition coefficient (Wildman–Crippen LogP) is 2.54. The molecule has 1 unspecified atom stereocenters. The third-order valence-electron chi connectivity index (χ3n) is 5.97. The van der Waals surface area contributed by atoms with Crippen molar-refractivity contribution in [2.75, 3.05) is 19.6 Å². The first-order valence-electron chi connectivity index (χ1n) is 7.79. The van der Waals surface area contributed by atoms with Gasteiger partial charge in [0.2, 0.25) is 0 Å². The molecule has 2 saturated heterocycles. The van der Waals surface area contributed by atoms with E-state index in [1.807, 2.05) is 0 Å². The molecule has 1 atom stereocenters. The Morgan fingerprint density at radius 3 is 2.41 bits per heavy atom. The fraction of sp³-hybridized carbons (Fsp3) is 1.00. The van der Waals surface area contributed by atoms with E-state index in [1.165, 1.54) is 77.4 Å². The van der Waals surface area contributed by atoms with Crippen molar-refractivity contribution in [2.45, 2.75) is 69.4 Å². The Hall–Kier alpha value is -0.0800. The third-order valence-corrected chi connectivity index (χ3v) is 5.97. The number of hydrogen-bond acceptors (Lipinski definition) is 2. The molecule has 2 heterocycles. The molecule has 2 aliphatic carbocycles. The lowest BCUT2D eigenvalue weighted by atomic mass is 9.73. The van der Waals surface area contributed by atoms with E-state index in [0.717, 1.165) is 11.5 Å². The summed E-state index contributed by atoms with van der Waals surface area (Å²) in [6.45, 7) is 4.15. The molecular formula is C15H26N2. The van der Waals surface area contributed by atoms with Gasteiger partial charge in [-0.25, -0.2) is 0 Å². The minimum absolute atomic E-state index is 0.549. The van der Waals surface area contributed by atoms with Gasteiger partial charge in [0.15, 0.2) is 0 Å². The summed E-state index contributed by atoms with van der Waals surface area (Å²) in [4.78, 5) is 2.81. The van der Waals surface area contributed by atoms with Crippen LogP contribution in [0.4, 0.5) is 0 Å². The van der Waals surface area contributed by atoms with Gasteiger partial charge >= 0.3 is 0 Å². The molecule has 96 valence electrons. The summed E-state index contributed by atoms with van der Waals surface area (Å²) in [6.07, 6.45) is 13.2. The van der Waals surface area contributed by atoms with E-state index in [4.69, 9.17) is 0 Å². The Labute approximate surface area is 105 Å². The lowest BCUT2D eigenvalue weighted by Gasteiger charge is -2.52. The maximum Gasteiger partial charge on any atom is 0.0196 e. The standard InChI is InChI=1S/C15H26N2/c1-2-5-15(6-3-1)10-13(4-9-16-15)17-11-14(12-17)7-8-14/h13,16H,1-12H2. The highest BCUT2D eigenvalue weighted by molar-refractivity contribution is 5.09. The van der Waals surface area contributed by atoms with E-state index >= 15 is 0 Å². The summed E-state index contributed by atoms with van der Waals surface area (Å²) in [5.41, 5.74) is 1.39. The van der Waals surface area contributed by atoms with Gasteiger partial charge in [-0.1, -0.05) is 19.3 Å². The van der Waals surface area contributed by atoms with Gasteiger partial charge in [0.25, 0.3) is 0 Å². The van der Waals surface area contributed by atoms with Gasteiger partial charge in [-0.15, -0.1) is 0 Å². The van der Waals surface area contributed by atoms with Crippen molar-refractivity contribution < 1.29 is 0 Å². The molecule has 0 amide bonds. The first-order valence-corrected chi connectivity index (χ1v) is 7.79. The summed E-state index contributed by atoms with van der Waals surface area (Å²) >= 11 is 0. The molecule has 0 aromatic carbocycles. The normalized spacial score (nSPS) is 39.2. The highest BCUT2D eigenvalue weighted by Gasteiger charge is 2.54. The van der Waals surface area contributed by atoms with Gasteiger partial charge in [-0.3, -0.25) is 4.90 Å². The number of nitrogens with one attached hydrogen (secondary N) is 1. The Balaban J connectivity index is 1.40.